The van der Waals surface area contributed by atoms with Crippen LogP contribution in [0.5, 0.6) is 5.88 Å². The fourth-order valence-corrected chi connectivity index (χ4v) is 0.730. The van der Waals surface area contributed by atoms with Crippen molar-refractivity contribution in [1.29, 1.82) is 0 Å². The summed E-state index contributed by atoms with van der Waals surface area (Å²) in [6, 6.07) is 0. The minimum absolute atomic E-state index is 0.0161. The molecule has 1 aromatic rings. The maximum absolute atomic E-state index is 8.40. The Balaban J connectivity index is 2.52. The van der Waals surface area contributed by atoms with E-state index in [0.29, 0.717) is 10.5 Å². The predicted molar refractivity (Wildman–Crippen MR) is 42.3 cm³/mol. The van der Waals surface area contributed by atoms with Crippen LogP contribution in [-0.4, -0.2) is 28.3 Å². The predicted octanol–water partition coefficient (Wildman–Crippen LogP) is 0.610. The van der Waals surface area contributed by atoms with E-state index in [-0.39, 0.29) is 13.2 Å². The van der Waals surface area contributed by atoms with Gasteiger partial charge in [0, 0.05) is 0 Å². The van der Waals surface area contributed by atoms with Crippen molar-refractivity contribution in [3.8, 4) is 5.88 Å². The van der Waals surface area contributed by atoms with Crippen LogP contribution in [-0.2, 0) is 0 Å². The van der Waals surface area contributed by atoms with E-state index < -0.39 is 0 Å². The van der Waals surface area contributed by atoms with Gasteiger partial charge in [-0.05, 0) is 15.9 Å². The number of hydrogen-bond donors (Lipinski definition) is 1. The van der Waals surface area contributed by atoms with Gasteiger partial charge in [0.15, 0.2) is 0 Å². The van der Waals surface area contributed by atoms with Crippen molar-refractivity contribution in [2.24, 2.45) is 0 Å². The van der Waals surface area contributed by atoms with Gasteiger partial charge >= 0.3 is 0 Å². The maximum Gasteiger partial charge on any atom is 0.232 e. The minimum Gasteiger partial charge on any atom is -0.474 e. The third-order valence-electron chi connectivity index (χ3n) is 0.938. The number of aliphatic hydroxyl groups is 1. The highest BCUT2D eigenvalue weighted by Crippen LogP contribution is 2.07. The van der Waals surface area contributed by atoms with E-state index >= 15 is 0 Å². The van der Waals surface area contributed by atoms with Crippen molar-refractivity contribution in [1.82, 2.24) is 9.97 Å². The average Bonchev–Trinajstić information content (AvgIpc) is 2.04. The summed E-state index contributed by atoms with van der Waals surface area (Å²) in [6.45, 7) is 0.230. The van der Waals surface area contributed by atoms with E-state index in [1.54, 1.807) is 0 Å². The molecule has 11 heavy (non-hydrogen) atoms. The molecule has 5 heteroatoms. The van der Waals surface area contributed by atoms with Gasteiger partial charge in [0.2, 0.25) is 5.88 Å². The summed E-state index contributed by atoms with van der Waals surface area (Å²) in [5.41, 5.74) is 0. The molecule has 0 radical (unpaired) electrons. The molecule has 0 saturated heterocycles. The largest absolute Gasteiger partial charge is 0.474 e. The molecule has 0 aliphatic rings. The van der Waals surface area contributed by atoms with Crippen LogP contribution >= 0.6 is 15.9 Å². The zero-order valence-electron chi connectivity index (χ0n) is 5.70. The summed E-state index contributed by atoms with van der Waals surface area (Å²) in [5.74, 6) is 0.419. The van der Waals surface area contributed by atoms with Crippen LogP contribution in [0, 0.1) is 0 Å². The van der Waals surface area contributed by atoms with Gasteiger partial charge in [-0.25, -0.2) is 9.97 Å². The molecule has 0 unspecified atom stereocenters. The molecule has 1 heterocycles. The third-order valence-corrected chi connectivity index (χ3v) is 1.35. The molecule has 1 rings (SSSR count). The molecule has 0 atom stereocenters. The molecule has 0 aliphatic heterocycles. The number of aliphatic hydroxyl groups excluding tert-OH is 1. The van der Waals surface area contributed by atoms with Gasteiger partial charge in [-0.1, -0.05) is 0 Å². The van der Waals surface area contributed by atoms with Crippen molar-refractivity contribution in [2.45, 2.75) is 0 Å². The average molecular weight is 219 g/mol. The van der Waals surface area contributed by atoms with Gasteiger partial charge in [-0.15, -0.1) is 0 Å². The molecule has 0 amide bonds. The molecule has 0 spiro atoms. The summed E-state index contributed by atoms with van der Waals surface area (Å²) in [4.78, 5) is 7.75. The van der Waals surface area contributed by atoms with Crippen LogP contribution in [0.3, 0.4) is 0 Å². The Labute approximate surface area is 72.4 Å². The fourth-order valence-electron chi connectivity index (χ4n) is 0.525. The van der Waals surface area contributed by atoms with Crippen LogP contribution in [0.2, 0.25) is 0 Å². The van der Waals surface area contributed by atoms with Crippen molar-refractivity contribution in [3.63, 3.8) is 0 Å². The van der Waals surface area contributed by atoms with Crippen LogP contribution in [0.4, 0.5) is 0 Å². The molecule has 4 nitrogen and oxygen atoms in total. The van der Waals surface area contributed by atoms with E-state index in [1.807, 2.05) is 0 Å². The fraction of sp³-hybridized carbons (Fsp3) is 0.333. The summed E-state index contributed by atoms with van der Waals surface area (Å²) in [7, 11) is 0. The molecular formula is C6H7BrN2O2. The highest BCUT2D eigenvalue weighted by atomic mass is 79.9. The Morgan fingerprint density at radius 2 is 2.27 bits per heavy atom. The molecule has 0 aromatic carbocycles. The first-order chi connectivity index (χ1) is 5.33. The number of ether oxygens (including phenoxy) is 1. The zero-order chi connectivity index (χ0) is 8.10. The van der Waals surface area contributed by atoms with Crippen molar-refractivity contribution < 1.29 is 9.84 Å². The lowest BCUT2D eigenvalue weighted by molar-refractivity contribution is 0.196. The highest BCUT2D eigenvalue weighted by Gasteiger charge is 1.93. The SMILES string of the molecule is OCCOc1cnc(Br)cn1. The molecule has 0 aliphatic carbocycles. The second-order valence-corrected chi connectivity index (χ2v) is 2.56. The van der Waals surface area contributed by atoms with Gasteiger partial charge in [0.05, 0.1) is 19.0 Å². The monoisotopic (exact) mass is 218 g/mol. The first-order valence-electron chi connectivity index (χ1n) is 3.04. The van der Waals surface area contributed by atoms with Crippen LogP contribution in [0.15, 0.2) is 17.0 Å². The van der Waals surface area contributed by atoms with Gasteiger partial charge in [-0.2, -0.15) is 0 Å². The van der Waals surface area contributed by atoms with E-state index in [1.165, 1.54) is 12.4 Å². The van der Waals surface area contributed by atoms with Gasteiger partial charge in [-0.3, -0.25) is 0 Å². The minimum atomic E-state index is -0.0161. The molecule has 0 bridgehead atoms. The standard InChI is InChI=1S/C6H7BrN2O2/c7-5-3-9-6(4-8-5)11-2-1-10/h3-4,10H,1-2H2. The van der Waals surface area contributed by atoms with E-state index in [0.717, 1.165) is 0 Å². The van der Waals surface area contributed by atoms with Crippen LogP contribution in [0.25, 0.3) is 0 Å². The Bertz CT molecular complexity index is 214. The highest BCUT2D eigenvalue weighted by molar-refractivity contribution is 9.10. The topological polar surface area (TPSA) is 55.2 Å². The van der Waals surface area contributed by atoms with Crippen LogP contribution in [0.1, 0.15) is 0 Å². The number of aromatic nitrogens is 2. The quantitative estimate of drug-likeness (QED) is 0.809. The molecule has 0 fully saturated rings. The number of nitrogens with zero attached hydrogens (tertiary/aromatic N) is 2. The smallest absolute Gasteiger partial charge is 0.232 e. The number of hydrogen-bond acceptors (Lipinski definition) is 4. The first-order valence-corrected chi connectivity index (χ1v) is 3.83. The Kier molecular flexibility index (Phi) is 3.25. The molecule has 1 aromatic heterocycles. The number of rotatable bonds is 3. The normalized spacial score (nSPS) is 9.64. The Morgan fingerprint density at radius 1 is 1.45 bits per heavy atom. The van der Waals surface area contributed by atoms with Gasteiger partial charge in [0.25, 0.3) is 0 Å². The zero-order valence-corrected chi connectivity index (χ0v) is 7.28. The lowest BCUT2D eigenvalue weighted by Gasteiger charge is -2.00. The lowest BCUT2D eigenvalue weighted by Crippen LogP contribution is -2.03. The molecule has 0 saturated carbocycles. The molecule has 1 N–H and O–H groups in total. The summed E-state index contributed by atoms with van der Waals surface area (Å²) >= 11 is 3.14. The van der Waals surface area contributed by atoms with Crippen molar-refractivity contribution >= 4 is 15.9 Å². The first kappa shape index (κ1) is 8.42. The van der Waals surface area contributed by atoms with Gasteiger partial charge in [0.1, 0.15) is 11.2 Å². The Morgan fingerprint density at radius 3 is 2.82 bits per heavy atom. The molecule has 60 valence electrons. The third kappa shape index (κ3) is 2.81. The van der Waals surface area contributed by atoms with E-state index in [4.69, 9.17) is 9.84 Å². The van der Waals surface area contributed by atoms with Crippen molar-refractivity contribution in [2.75, 3.05) is 13.2 Å². The van der Waals surface area contributed by atoms with Crippen LogP contribution < -0.4 is 4.74 Å². The van der Waals surface area contributed by atoms with Crippen molar-refractivity contribution in [3.05, 3.63) is 17.0 Å². The maximum atomic E-state index is 8.40. The second kappa shape index (κ2) is 4.25. The molecular weight excluding hydrogens is 212 g/mol. The summed E-state index contributed by atoms with van der Waals surface area (Å²) in [5, 5.41) is 8.40. The number of halogens is 1. The van der Waals surface area contributed by atoms with E-state index in [9.17, 15) is 0 Å². The summed E-state index contributed by atoms with van der Waals surface area (Å²) < 4.78 is 5.63. The Hall–Kier alpha value is -0.680. The van der Waals surface area contributed by atoms with Gasteiger partial charge < -0.3 is 9.84 Å². The van der Waals surface area contributed by atoms with E-state index in [2.05, 4.69) is 25.9 Å². The second-order valence-electron chi connectivity index (χ2n) is 1.75. The summed E-state index contributed by atoms with van der Waals surface area (Å²) in [6.07, 6.45) is 3.02. The lowest BCUT2D eigenvalue weighted by atomic mass is 10.7.